The zero-order valence-electron chi connectivity index (χ0n) is 9.90. The fourth-order valence-corrected chi connectivity index (χ4v) is 3.36. The van der Waals surface area contributed by atoms with Crippen LogP contribution in [0.5, 0.6) is 0 Å². The third-order valence-corrected chi connectivity index (χ3v) is 4.42. The highest BCUT2D eigenvalue weighted by atomic mass is 79.9. The molecular weight excluding hydrogens is 278 g/mol. The molecule has 0 amide bonds. The number of piperidine rings is 3. The van der Waals surface area contributed by atoms with Crippen molar-refractivity contribution in [3.8, 4) is 0 Å². The van der Waals surface area contributed by atoms with Crippen LogP contribution in [0.1, 0.15) is 18.5 Å². The molecule has 3 fully saturated rings. The number of aromatic nitrogens is 1. The molecule has 0 aliphatic carbocycles. The van der Waals surface area contributed by atoms with Crippen LogP contribution in [0, 0.1) is 5.92 Å². The first kappa shape index (κ1) is 11.6. The average Bonchev–Trinajstić information content (AvgIpc) is 2.38. The minimum Gasteiger partial charge on any atom is -0.307 e. The summed E-state index contributed by atoms with van der Waals surface area (Å²) in [7, 11) is 0. The molecule has 3 saturated heterocycles. The van der Waals surface area contributed by atoms with Crippen molar-refractivity contribution < 1.29 is 0 Å². The van der Waals surface area contributed by atoms with Crippen LogP contribution in [0.2, 0.25) is 0 Å². The van der Waals surface area contributed by atoms with Gasteiger partial charge in [-0.1, -0.05) is 6.07 Å². The number of fused-ring (bicyclic) bond motifs is 3. The highest BCUT2D eigenvalue weighted by Gasteiger charge is 2.33. The molecule has 0 saturated carbocycles. The summed E-state index contributed by atoms with van der Waals surface area (Å²) in [6.45, 7) is 4.71. The SMILES string of the molecule is Brc1cccc(CNC2CN3CCC2CC3)n1. The molecule has 4 rings (SSSR count). The molecule has 1 aromatic heterocycles. The van der Waals surface area contributed by atoms with Gasteiger partial charge in [-0.25, -0.2) is 4.98 Å². The van der Waals surface area contributed by atoms with Crippen LogP contribution in [-0.2, 0) is 6.54 Å². The summed E-state index contributed by atoms with van der Waals surface area (Å²) < 4.78 is 0.922. The molecule has 92 valence electrons. The van der Waals surface area contributed by atoms with Gasteiger partial charge in [-0.2, -0.15) is 0 Å². The van der Waals surface area contributed by atoms with Crippen LogP contribution in [0.15, 0.2) is 22.8 Å². The molecule has 4 heterocycles. The van der Waals surface area contributed by atoms with E-state index in [0.717, 1.165) is 22.8 Å². The number of nitrogens with one attached hydrogen (secondary N) is 1. The van der Waals surface area contributed by atoms with E-state index >= 15 is 0 Å². The molecule has 1 unspecified atom stereocenters. The molecule has 1 aromatic rings. The monoisotopic (exact) mass is 295 g/mol. The summed E-state index contributed by atoms with van der Waals surface area (Å²) in [6.07, 6.45) is 2.73. The van der Waals surface area contributed by atoms with E-state index in [-0.39, 0.29) is 0 Å². The van der Waals surface area contributed by atoms with Crippen LogP contribution in [0.4, 0.5) is 0 Å². The Kier molecular flexibility index (Phi) is 3.45. The quantitative estimate of drug-likeness (QED) is 0.865. The van der Waals surface area contributed by atoms with E-state index in [0.29, 0.717) is 6.04 Å². The Bertz CT molecular complexity index is 388. The van der Waals surface area contributed by atoms with Gasteiger partial charge >= 0.3 is 0 Å². The topological polar surface area (TPSA) is 28.2 Å². The number of hydrogen-bond acceptors (Lipinski definition) is 3. The molecular formula is C13H18BrN3. The third kappa shape index (κ3) is 2.69. The maximum atomic E-state index is 4.46. The smallest absolute Gasteiger partial charge is 0.106 e. The maximum absolute atomic E-state index is 4.46. The molecule has 2 bridgehead atoms. The van der Waals surface area contributed by atoms with Crippen molar-refractivity contribution >= 4 is 15.9 Å². The minimum absolute atomic E-state index is 0.665. The van der Waals surface area contributed by atoms with Crippen LogP contribution in [0.25, 0.3) is 0 Å². The normalized spacial score (nSPS) is 31.7. The molecule has 1 atom stereocenters. The van der Waals surface area contributed by atoms with Crippen molar-refractivity contribution in [2.24, 2.45) is 5.92 Å². The van der Waals surface area contributed by atoms with Crippen LogP contribution in [-0.4, -0.2) is 35.6 Å². The van der Waals surface area contributed by atoms with Crippen molar-refractivity contribution in [1.82, 2.24) is 15.2 Å². The van der Waals surface area contributed by atoms with Gasteiger partial charge in [0, 0.05) is 19.1 Å². The van der Waals surface area contributed by atoms with Gasteiger partial charge in [0.15, 0.2) is 0 Å². The second-order valence-electron chi connectivity index (χ2n) is 5.08. The molecule has 0 aromatic carbocycles. The van der Waals surface area contributed by atoms with E-state index in [9.17, 15) is 0 Å². The summed E-state index contributed by atoms with van der Waals surface area (Å²) in [5.41, 5.74) is 1.12. The first-order chi connectivity index (χ1) is 8.31. The highest BCUT2D eigenvalue weighted by molar-refractivity contribution is 9.10. The standard InChI is InChI=1S/C13H18BrN3/c14-13-3-1-2-11(16-13)8-15-12-9-17-6-4-10(12)5-7-17/h1-3,10,12,15H,4-9H2. The lowest BCUT2D eigenvalue weighted by Gasteiger charge is -2.45. The Hall–Kier alpha value is -0.450. The Morgan fingerprint density at radius 2 is 2.18 bits per heavy atom. The molecule has 3 aliphatic heterocycles. The predicted octanol–water partition coefficient (Wildman–Crippen LogP) is 2.03. The largest absolute Gasteiger partial charge is 0.307 e. The van der Waals surface area contributed by atoms with Crippen LogP contribution >= 0.6 is 15.9 Å². The van der Waals surface area contributed by atoms with Crippen molar-refractivity contribution in [3.05, 3.63) is 28.5 Å². The Labute approximate surface area is 111 Å². The molecule has 3 aliphatic rings. The van der Waals surface area contributed by atoms with Gasteiger partial charge in [0.1, 0.15) is 4.60 Å². The van der Waals surface area contributed by atoms with E-state index in [2.05, 4.69) is 37.2 Å². The lowest BCUT2D eigenvalue weighted by atomic mass is 9.84. The van der Waals surface area contributed by atoms with Gasteiger partial charge in [-0.3, -0.25) is 0 Å². The zero-order chi connectivity index (χ0) is 11.7. The number of rotatable bonds is 3. The number of hydrogen-bond donors (Lipinski definition) is 1. The third-order valence-electron chi connectivity index (χ3n) is 3.97. The summed E-state index contributed by atoms with van der Waals surface area (Å²) in [6, 6.07) is 6.76. The minimum atomic E-state index is 0.665. The second kappa shape index (κ2) is 5.04. The van der Waals surface area contributed by atoms with Crippen molar-refractivity contribution in [3.63, 3.8) is 0 Å². The van der Waals surface area contributed by atoms with Gasteiger partial charge in [0.2, 0.25) is 0 Å². The van der Waals surface area contributed by atoms with Gasteiger partial charge < -0.3 is 10.2 Å². The van der Waals surface area contributed by atoms with Crippen LogP contribution < -0.4 is 5.32 Å². The van der Waals surface area contributed by atoms with Crippen molar-refractivity contribution in [2.45, 2.75) is 25.4 Å². The summed E-state index contributed by atoms with van der Waals surface area (Å²) >= 11 is 3.41. The molecule has 0 radical (unpaired) electrons. The van der Waals surface area contributed by atoms with Gasteiger partial charge in [-0.05, 0) is 59.9 Å². The van der Waals surface area contributed by atoms with E-state index in [1.807, 2.05) is 12.1 Å². The average molecular weight is 296 g/mol. The molecule has 1 N–H and O–H groups in total. The van der Waals surface area contributed by atoms with Crippen LogP contribution in [0.3, 0.4) is 0 Å². The molecule has 0 spiro atoms. The second-order valence-corrected chi connectivity index (χ2v) is 5.89. The van der Waals surface area contributed by atoms with Gasteiger partial charge in [0.25, 0.3) is 0 Å². The predicted molar refractivity (Wildman–Crippen MR) is 71.7 cm³/mol. The number of pyridine rings is 1. The lowest BCUT2D eigenvalue weighted by Crippen LogP contribution is -2.55. The summed E-state index contributed by atoms with van der Waals surface area (Å²) in [5, 5.41) is 3.67. The van der Waals surface area contributed by atoms with E-state index in [4.69, 9.17) is 0 Å². The van der Waals surface area contributed by atoms with E-state index < -0.39 is 0 Å². The van der Waals surface area contributed by atoms with Crippen molar-refractivity contribution in [2.75, 3.05) is 19.6 Å². The highest BCUT2D eigenvalue weighted by Crippen LogP contribution is 2.27. The Morgan fingerprint density at radius 3 is 2.82 bits per heavy atom. The first-order valence-corrected chi connectivity index (χ1v) is 7.18. The number of nitrogens with zero attached hydrogens (tertiary/aromatic N) is 2. The Balaban J connectivity index is 1.57. The molecule has 4 heteroatoms. The van der Waals surface area contributed by atoms with E-state index in [1.54, 1.807) is 0 Å². The maximum Gasteiger partial charge on any atom is 0.106 e. The fraction of sp³-hybridized carbons (Fsp3) is 0.615. The molecule has 17 heavy (non-hydrogen) atoms. The van der Waals surface area contributed by atoms with E-state index in [1.165, 1.54) is 32.5 Å². The molecule has 3 nitrogen and oxygen atoms in total. The Morgan fingerprint density at radius 1 is 1.35 bits per heavy atom. The number of halogens is 1. The summed E-state index contributed by atoms with van der Waals surface area (Å²) in [5.74, 6) is 0.882. The summed E-state index contributed by atoms with van der Waals surface area (Å²) in [4.78, 5) is 7.04. The van der Waals surface area contributed by atoms with Crippen molar-refractivity contribution in [1.29, 1.82) is 0 Å². The first-order valence-electron chi connectivity index (χ1n) is 6.38. The van der Waals surface area contributed by atoms with Gasteiger partial charge in [0.05, 0.1) is 5.69 Å². The zero-order valence-corrected chi connectivity index (χ0v) is 11.5. The van der Waals surface area contributed by atoms with Gasteiger partial charge in [-0.15, -0.1) is 0 Å². The fourth-order valence-electron chi connectivity index (χ4n) is 2.98. The lowest BCUT2D eigenvalue weighted by molar-refractivity contribution is 0.0718.